The molecule has 0 unspecified atom stereocenters. The molecule has 1 saturated heterocycles. The third-order valence-electron chi connectivity index (χ3n) is 5.86. The van der Waals surface area contributed by atoms with Crippen molar-refractivity contribution >= 4 is 35.0 Å². The number of halogens is 1. The summed E-state index contributed by atoms with van der Waals surface area (Å²) in [5, 5.41) is 3.32. The van der Waals surface area contributed by atoms with Gasteiger partial charge in [0.1, 0.15) is 6.54 Å². The molecular formula is C18H19ClN2O3. The summed E-state index contributed by atoms with van der Waals surface area (Å²) in [6.45, 7) is 1.60. The van der Waals surface area contributed by atoms with E-state index in [1.54, 1.807) is 18.2 Å². The Morgan fingerprint density at radius 1 is 1.21 bits per heavy atom. The van der Waals surface area contributed by atoms with Gasteiger partial charge in [-0.15, -0.1) is 0 Å². The number of carbonyl (C=O) groups is 3. The Balaban J connectivity index is 1.47. The molecule has 1 N–H and O–H groups in total. The second kappa shape index (κ2) is 5.59. The van der Waals surface area contributed by atoms with Crippen LogP contribution in [0, 0.1) is 30.6 Å². The molecule has 0 radical (unpaired) electrons. The predicted molar refractivity (Wildman–Crippen MR) is 89.3 cm³/mol. The fraction of sp³-hybridized carbons (Fsp3) is 0.500. The largest absolute Gasteiger partial charge is 0.324 e. The van der Waals surface area contributed by atoms with Crippen molar-refractivity contribution in [2.24, 2.45) is 23.7 Å². The van der Waals surface area contributed by atoms with Crippen molar-refractivity contribution in [2.75, 3.05) is 11.9 Å². The highest BCUT2D eigenvalue weighted by Crippen LogP contribution is 2.56. The van der Waals surface area contributed by atoms with E-state index < -0.39 is 0 Å². The van der Waals surface area contributed by atoms with Gasteiger partial charge in [0.2, 0.25) is 17.7 Å². The van der Waals surface area contributed by atoms with Crippen molar-refractivity contribution < 1.29 is 14.4 Å². The van der Waals surface area contributed by atoms with Gasteiger partial charge in [-0.05, 0) is 55.7 Å². The summed E-state index contributed by atoms with van der Waals surface area (Å²) in [5.41, 5.74) is 1.37. The van der Waals surface area contributed by atoms with Gasteiger partial charge in [0.25, 0.3) is 0 Å². The number of hydrogen-bond acceptors (Lipinski definition) is 3. The molecule has 1 aromatic carbocycles. The number of imide groups is 1. The van der Waals surface area contributed by atoms with Crippen LogP contribution in [0.25, 0.3) is 0 Å². The summed E-state index contributed by atoms with van der Waals surface area (Å²) in [5.74, 6) is -0.381. The highest BCUT2D eigenvalue weighted by molar-refractivity contribution is 6.31. The first-order valence-corrected chi connectivity index (χ1v) is 8.75. The molecule has 1 heterocycles. The van der Waals surface area contributed by atoms with Crippen LogP contribution in [0.3, 0.4) is 0 Å². The quantitative estimate of drug-likeness (QED) is 0.855. The SMILES string of the molecule is Cc1c(Cl)cccc1NC(=O)CN1C(=O)[C@H]2[C@H]3CC[C@@H](C3)[C@@H]2C1=O. The lowest BCUT2D eigenvalue weighted by molar-refractivity contribution is -0.143. The Bertz CT molecular complexity index is 720. The molecule has 0 spiro atoms. The number of fused-ring (bicyclic) bond motifs is 5. The van der Waals surface area contributed by atoms with E-state index in [-0.39, 0.29) is 36.1 Å². The van der Waals surface area contributed by atoms with Crippen LogP contribution in [0.1, 0.15) is 24.8 Å². The molecule has 2 saturated carbocycles. The van der Waals surface area contributed by atoms with Crippen LogP contribution in [-0.4, -0.2) is 29.2 Å². The second-order valence-corrected chi connectivity index (χ2v) is 7.52. The Labute approximate surface area is 145 Å². The van der Waals surface area contributed by atoms with Gasteiger partial charge in [0, 0.05) is 10.7 Å². The molecule has 6 heteroatoms. The topological polar surface area (TPSA) is 66.5 Å². The number of benzene rings is 1. The molecule has 4 atom stereocenters. The molecule has 0 aromatic heterocycles. The van der Waals surface area contributed by atoms with E-state index in [0.29, 0.717) is 22.5 Å². The van der Waals surface area contributed by atoms with Gasteiger partial charge >= 0.3 is 0 Å². The molecule has 24 heavy (non-hydrogen) atoms. The maximum absolute atomic E-state index is 12.6. The first kappa shape index (κ1) is 15.6. The van der Waals surface area contributed by atoms with Crippen LogP contribution >= 0.6 is 11.6 Å². The normalized spacial score (nSPS) is 30.8. The van der Waals surface area contributed by atoms with Gasteiger partial charge in [-0.25, -0.2) is 0 Å². The lowest BCUT2D eigenvalue weighted by Gasteiger charge is -2.19. The van der Waals surface area contributed by atoms with Gasteiger partial charge in [0.15, 0.2) is 0 Å². The highest BCUT2D eigenvalue weighted by Gasteiger charge is 2.60. The number of carbonyl (C=O) groups excluding carboxylic acids is 3. The number of nitrogens with zero attached hydrogens (tertiary/aromatic N) is 1. The van der Waals surface area contributed by atoms with Crippen molar-refractivity contribution in [2.45, 2.75) is 26.2 Å². The number of rotatable bonds is 3. The van der Waals surface area contributed by atoms with Crippen molar-refractivity contribution in [1.82, 2.24) is 4.90 Å². The molecule has 126 valence electrons. The number of likely N-dealkylation sites (tertiary alicyclic amines) is 1. The average Bonchev–Trinajstić information content (AvgIpc) is 3.22. The fourth-order valence-electron chi connectivity index (χ4n) is 4.70. The molecule has 1 aromatic rings. The van der Waals surface area contributed by atoms with Gasteiger partial charge in [-0.1, -0.05) is 17.7 Å². The van der Waals surface area contributed by atoms with Gasteiger partial charge < -0.3 is 5.32 Å². The first-order chi connectivity index (χ1) is 11.5. The van der Waals surface area contributed by atoms with E-state index >= 15 is 0 Å². The van der Waals surface area contributed by atoms with E-state index in [0.717, 1.165) is 29.7 Å². The summed E-state index contributed by atoms with van der Waals surface area (Å²) in [4.78, 5) is 38.7. The standard InChI is InChI=1S/C18H19ClN2O3/c1-9-12(19)3-2-4-13(9)20-14(22)8-21-17(23)15-10-5-6-11(7-10)16(15)18(21)24/h2-4,10-11,15-16H,5-8H2,1H3,(H,20,22)/t10-,11-,15-,16-/m0/s1. The zero-order chi connectivity index (χ0) is 17.0. The van der Waals surface area contributed by atoms with Crippen LogP contribution in [0.4, 0.5) is 5.69 Å². The minimum atomic E-state index is -0.366. The van der Waals surface area contributed by atoms with Crippen LogP contribution in [-0.2, 0) is 14.4 Å². The average molecular weight is 347 g/mol. The molecule has 4 rings (SSSR count). The van der Waals surface area contributed by atoms with Gasteiger partial charge in [-0.3, -0.25) is 19.3 Å². The van der Waals surface area contributed by atoms with Crippen LogP contribution in [0.2, 0.25) is 5.02 Å². The number of nitrogens with one attached hydrogen (secondary N) is 1. The number of amides is 3. The summed E-state index contributed by atoms with van der Waals surface area (Å²) >= 11 is 6.05. The molecule has 2 bridgehead atoms. The Kier molecular flexibility index (Phi) is 3.64. The molecule has 3 amide bonds. The lowest BCUT2D eigenvalue weighted by Crippen LogP contribution is -2.39. The van der Waals surface area contributed by atoms with E-state index in [9.17, 15) is 14.4 Å². The molecule has 1 aliphatic heterocycles. The maximum Gasteiger partial charge on any atom is 0.244 e. The van der Waals surface area contributed by atoms with E-state index in [1.165, 1.54) is 0 Å². The van der Waals surface area contributed by atoms with E-state index in [2.05, 4.69) is 5.32 Å². The van der Waals surface area contributed by atoms with Crippen molar-refractivity contribution in [3.63, 3.8) is 0 Å². The smallest absolute Gasteiger partial charge is 0.244 e. The van der Waals surface area contributed by atoms with Gasteiger partial charge in [0.05, 0.1) is 11.8 Å². The maximum atomic E-state index is 12.6. The van der Waals surface area contributed by atoms with Gasteiger partial charge in [-0.2, -0.15) is 0 Å². The van der Waals surface area contributed by atoms with Crippen molar-refractivity contribution in [3.8, 4) is 0 Å². The van der Waals surface area contributed by atoms with Crippen LogP contribution in [0.5, 0.6) is 0 Å². The van der Waals surface area contributed by atoms with Crippen LogP contribution < -0.4 is 5.32 Å². The zero-order valence-corrected chi connectivity index (χ0v) is 14.2. The number of hydrogen-bond donors (Lipinski definition) is 1. The monoisotopic (exact) mass is 346 g/mol. The Morgan fingerprint density at radius 2 is 1.83 bits per heavy atom. The predicted octanol–water partition coefficient (Wildman–Crippen LogP) is 2.62. The molecule has 5 nitrogen and oxygen atoms in total. The molecular weight excluding hydrogens is 328 g/mol. The Morgan fingerprint density at radius 3 is 2.46 bits per heavy atom. The summed E-state index contributed by atoms with van der Waals surface area (Å²) in [6.07, 6.45) is 3.06. The van der Waals surface area contributed by atoms with Crippen molar-refractivity contribution in [3.05, 3.63) is 28.8 Å². The summed E-state index contributed by atoms with van der Waals surface area (Å²) in [6, 6.07) is 5.25. The molecule has 3 aliphatic rings. The fourth-order valence-corrected chi connectivity index (χ4v) is 4.88. The third-order valence-corrected chi connectivity index (χ3v) is 6.27. The summed E-state index contributed by atoms with van der Waals surface area (Å²) < 4.78 is 0. The lowest BCUT2D eigenvalue weighted by atomic mass is 9.81. The third kappa shape index (κ3) is 2.25. The van der Waals surface area contributed by atoms with Crippen LogP contribution in [0.15, 0.2) is 18.2 Å². The Hall–Kier alpha value is -1.88. The highest BCUT2D eigenvalue weighted by atomic mass is 35.5. The minimum Gasteiger partial charge on any atom is -0.324 e. The first-order valence-electron chi connectivity index (χ1n) is 8.37. The minimum absolute atomic E-state index is 0.157. The summed E-state index contributed by atoms with van der Waals surface area (Å²) in [7, 11) is 0. The molecule has 3 fully saturated rings. The zero-order valence-electron chi connectivity index (χ0n) is 13.4. The second-order valence-electron chi connectivity index (χ2n) is 7.11. The van der Waals surface area contributed by atoms with Crippen molar-refractivity contribution in [1.29, 1.82) is 0 Å². The van der Waals surface area contributed by atoms with E-state index in [1.807, 2.05) is 6.92 Å². The van der Waals surface area contributed by atoms with E-state index in [4.69, 9.17) is 11.6 Å². The number of anilines is 1. The molecule has 2 aliphatic carbocycles.